The molecule has 0 saturated heterocycles. The molecule has 0 saturated carbocycles. The highest BCUT2D eigenvalue weighted by molar-refractivity contribution is 6.05. The minimum absolute atomic E-state index is 0.0213. The number of benzene rings is 1. The normalized spacial score (nSPS) is 10.9. The molecule has 2 heterocycles. The first-order valence-corrected chi connectivity index (χ1v) is 9.84. The summed E-state index contributed by atoms with van der Waals surface area (Å²) in [4.78, 5) is 41.3. The second kappa shape index (κ2) is 9.43. The Kier molecular flexibility index (Phi) is 6.71. The molecule has 10 heteroatoms. The van der Waals surface area contributed by atoms with Crippen LogP contribution in [0.3, 0.4) is 0 Å². The van der Waals surface area contributed by atoms with Crippen LogP contribution >= 0.6 is 0 Å². The molecule has 0 fully saturated rings. The molecule has 0 aliphatic heterocycles. The van der Waals surface area contributed by atoms with Crippen LogP contribution in [0, 0.1) is 6.92 Å². The van der Waals surface area contributed by atoms with Crippen molar-refractivity contribution in [2.24, 2.45) is 0 Å². The minimum atomic E-state index is -0.766. The molecule has 164 valence electrons. The van der Waals surface area contributed by atoms with E-state index in [1.807, 2.05) is 38.1 Å². The fourth-order valence-electron chi connectivity index (χ4n) is 3.15. The molecule has 0 aliphatic carbocycles. The van der Waals surface area contributed by atoms with Gasteiger partial charge in [-0.3, -0.25) is 24.0 Å². The van der Waals surface area contributed by atoms with E-state index in [9.17, 15) is 14.4 Å². The van der Waals surface area contributed by atoms with Crippen molar-refractivity contribution in [2.45, 2.75) is 26.8 Å². The molecule has 0 atom stereocenters. The predicted molar refractivity (Wildman–Crippen MR) is 116 cm³/mol. The standard InChI is InChI=1S/C21H25N5O5/c1-4-9-26-18(22)17(19(27)23-21(26)29)25(10-11-30-3)20(28)16-12-15(24-31-16)14-7-5-13(2)6-8-14/h5-8,12H,4,9-11,22H2,1-3H3,(H,23,27,29). The first kappa shape index (κ1) is 22.0. The number of H-pyrrole nitrogens is 1. The number of anilines is 2. The maximum Gasteiger partial charge on any atom is 0.330 e. The molecule has 3 rings (SSSR count). The second-order valence-corrected chi connectivity index (χ2v) is 7.04. The Morgan fingerprint density at radius 3 is 2.65 bits per heavy atom. The zero-order valence-electron chi connectivity index (χ0n) is 17.7. The molecule has 3 N–H and O–H groups in total. The van der Waals surface area contributed by atoms with Crippen LogP contribution in [0.25, 0.3) is 11.3 Å². The number of methoxy groups -OCH3 is 1. The summed E-state index contributed by atoms with van der Waals surface area (Å²) in [5, 5.41) is 3.97. The number of carbonyl (C=O) groups is 1. The Morgan fingerprint density at radius 2 is 2.00 bits per heavy atom. The van der Waals surface area contributed by atoms with Crippen molar-refractivity contribution in [2.75, 3.05) is 30.9 Å². The fraction of sp³-hybridized carbons (Fsp3) is 0.333. The lowest BCUT2D eigenvalue weighted by Gasteiger charge is -2.23. The second-order valence-electron chi connectivity index (χ2n) is 7.04. The van der Waals surface area contributed by atoms with Crippen molar-refractivity contribution in [3.8, 4) is 11.3 Å². The molecule has 0 bridgehead atoms. The number of hydrogen-bond donors (Lipinski definition) is 2. The van der Waals surface area contributed by atoms with E-state index in [2.05, 4.69) is 10.1 Å². The number of aromatic amines is 1. The van der Waals surface area contributed by atoms with Gasteiger partial charge in [-0.1, -0.05) is 41.9 Å². The number of nitrogen functional groups attached to an aromatic ring is 1. The molecule has 1 aromatic carbocycles. The van der Waals surface area contributed by atoms with E-state index in [1.54, 1.807) is 0 Å². The summed E-state index contributed by atoms with van der Waals surface area (Å²) in [7, 11) is 1.47. The van der Waals surface area contributed by atoms with Gasteiger partial charge in [0, 0.05) is 25.3 Å². The first-order chi connectivity index (χ1) is 14.9. The van der Waals surface area contributed by atoms with E-state index in [1.165, 1.54) is 17.7 Å². The van der Waals surface area contributed by atoms with E-state index in [0.717, 1.165) is 16.0 Å². The average Bonchev–Trinajstić information content (AvgIpc) is 3.23. The number of nitrogens with zero attached hydrogens (tertiary/aromatic N) is 3. The Balaban J connectivity index is 2.03. The van der Waals surface area contributed by atoms with Gasteiger partial charge < -0.3 is 15.0 Å². The van der Waals surface area contributed by atoms with Gasteiger partial charge in [-0.25, -0.2) is 4.79 Å². The van der Waals surface area contributed by atoms with Crippen molar-refractivity contribution >= 4 is 17.4 Å². The summed E-state index contributed by atoms with van der Waals surface area (Å²) in [5.74, 6) is -0.793. The maximum absolute atomic E-state index is 13.2. The molecular formula is C21H25N5O5. The molecule has 1 amide bonds. The van der Waals surface area contributed by atoms with Crippen molar-refractivity contribution in [1.29, 1.82) is 0 Å². The smallest absolute Gasteiger partial charge is 0.330 e. The highest BCUT2D eigenvalue weighted by Gasteiger charge is 2.28. The number of nitrogens with two attached hydrogens (primary N) is 1. The highest BCUT2D eigenvalue weighted by atomic mass is 16.5. The summed E-state index contributed by atoms with van der Waals surface area (Å²) in [6.07, 6.45) is 0.615. The van der Waals surface area contributed by atoms with Crippen molar-refractivity contribution in [1.82, 2.24) is 14.7 Å². The van der Waals surface area contributed by atoms with Crippen LogP contribution in [0.2, 0.25) is 0 Å². The molecular weight excluding hydrogens is 402 g/mol. The summed E-state index contributed by atoms with van der Waals surface area (Å²) >= 11 is 0. The molecule has 0 unspecified atom stereocenters. The topological polar surface area (TPSA) is 136 Å². The molecule has 2 aromatic heterocycles. The van der Waals surface area contributed by atoms with E-state index >= 15 is 0 Å². The van der Waals surface area contributed by atoms with E-state index in [0.29, 0.717) is 18.7 Å². The number of aryl methyl sites for hydroxylation is 1. The Morgan fingerprint density at radius 1 is 1.29 bits per heavy atom. The summed E-state index contributed by atoms with van der Waals surface area (Å²) in [5.41, 5.74) is 6.95. The lowest BCUT2D eigenvalue weighted by Crippen LogP contribution is -2.42. The largest absolute Gasteiger partial charge is 0.383 e. The lowest BCUT2D eigenvalue weighted by atomic mass is 10.1. The third-order valence-corrected chi connectivity index (χ3v) is 4.76. The number of ether oxygens (including phenoxy) is 1. The van der Waals surface area contributed by atoms with Crippen LogP contribution in [0.1, 0.15) is 29.5 Å². The summed E-state index contributed by atoms with van der Waals surface area (Å²) in [6, 6.07) is 9.08. The van der Waals surface area contributed by atoms with Gasteiger partial charge in [-0.2, -0.15) is 0 Å². The van der Waals surface area contributed by atoms with Gasteiger partial charge in [-0.05, 0) is 13.3 Å². The Labute approximate surface area is 178 Å². The molecule has 3 aromatic rings. The summed E-state index contributed by atoms with van der Waals surface area (Å²) in [6.45, 7) is 4.28. The number of amides is 1. The number of carbonyl (C=O) groups excluding carboxylic acids is 1. The van der Waals surface area contributed by atoms with Gasteiger partial charge in [0.2, 0.25) is 5.76 Å². The van der Waals surface area contributed by atoms with Crippen LogP contribution in [0.4, 0.5) is 11.5 Å². The average molecular weight is 427 g/mol. The van der Waals surface area contributed by atoms with Crippen molar-refractivity contribution < 1.29 is 14.1 Å². The van der Waals surface area contributed by atoms with Crippen LogP contribution < -0.4 is 21.9 Å². The van der Waals surface area contributed by atoms with Gasteiger partial charge in [0.05, 0.1) is 13.2 Å². The third-order valence-electron chi connectivity index (χ3n) is 4.76. The minimum Gasteiger partial charge on any atom is -0.383 e. The Hall–Kier alpha value is -3.66. The molecule has 31 heavy (non-hydrogen) atoms. The number of aromatic nitrogens is 3. The van der Waals surface area contributed by atoms with Crippen LogP contribution in [-0.2, 0) is 11.3 Å². The number of hydrogen-bond acceptors (Lipinski definition) is 7. The van der Waals surface area contributed by atoms with Gasteiger partial charge in [0.15, 0.2) is 5.69 Å². The predicted octanol–water partition coefficient (Wildman–Crippen LogP) is 1.79. The SMILES string of the molecule is CCCn1c(N)c(N(CCOC)C(=O)c2cc(-c3ccc(C)cc3)no2)c(=O)[nH]c1=O. The fourth-order valence-corrected chi connectivity index (χ4v) is 3.15. The number of rotatable bonds is 8. The quantitative estimate of drug-likeness (QED) is 0.559. The van der Waals surface area contributed by atoms with Crippen LogP contribution in [-0.4, -0.2) is 40.9 Å². The summed E-state index contributed by atoms with van der Waals surface area (Å²) < 4.78 is 11.6. The number of nitrogens with one attached hydrogen (secondary N) is 1. The van der Waals surface area contributed by atoms with E-state index in [4.69, 9.17) is 15.0 Å². The van der Waals surface area contributed by atoms with E-state index < -0.39 is 17.2 Å². The van der Waals surface area contributed by atoms with Crippen molar-refractivity contribution in [3.05, 3.63) is 62.5 Å². The first-order valence-electron chi connectivity index (χ1n) is 9.84. The zero-order chi connectivity index (χ0) is 22.5. The Bertz CT molecular complexity index is 1180. The van der Waals surface area contributed by atoms with Gasteiger partial charge in [0.1, 0.15) is 11.5 Å². The molecule has 0 radical (unpaired) electrons. The zero-order valence-corrected chi connectivity index (χ0v) is 17.7. The van der Waals surface area contributed by atoms with Gasteiger partial charge in [-0.15, -0.1) is 0 Å². The molecule has 10 nitrogen and oxygen atoms in total. The van der Waals surface area contributed by atoms with Gasteiger partial charge >= 0.3 is 5.69 Å². The van der Waals surface area contributed by atoms with Crippen LogP contribution in [0.5, 0.6) is 0 Å². The van der Waals surface area contributed by atoms with Crippen molar-refractivity contribution in [3.63, 3.8) is 0 Å². The van der Waals surface area contributed by atoms with E-state index in [-0.39, 0.29) is 30.4 Å². The van der Waals surface area contributed by atoms with Crippen LogP contribution in [0.15, 0.2) is 44.4 Å². The highest BCUT2D eigenvalue weighted by Crippen LogP contribution is 2.23. The maximum atomic E-state index is 13.2. The third kappa shape index (κ3) is 4.58. The lowest BCUT2D eigenvalue weighted by molar-refractivity contribution is 0.0940. The van der Waals surface area contributed by atoms with Gasteiger partial charge in [0.25, 0.3) is 11.5 Å². The molecule has 0 aliphatic rings. The monoisotopic (exact) mass is 427 g/mol. The molecule has 0 spiro atoms.